The van der Waals surface area contributed by atoms with Crippen LogP contribution < -0.4 is 15.6 Å². The average molecular weight is 726 g/mol. The highest BCUT2D eigenvalue weighted by molar-refractivity contribution is 9.10. The van der Waals surface area contributed by atoms with Gasteiger partial charge in [0.25, 0.3) is 5.91 Å². The van der Waals surface area contributed by atoms with E-state index in [1.807, 2.05) is 11.8 Å². The Morgan fingerprint density at radius 1 is 1.13 bits per heavy atom. The van der Waals surface area contributed by atoms with Crippen LogP contribution >= 0.6 is 27.5 Å². The molecule has 1 aliphatic rings. The summed E-state index contributed by atoms with van der Waals surface area (Å²) in [5.41, 5.74) is 0.579. The highest BCUT2D eigenvalue weighted by atomic mass is 79.9. The lowest BCUT2D eigenvalue weighted by atomic mass is 10.1. The highest BCUT2D eigenvalue weighted by Gasteiger charge is 2.32. The van der Waals surface area contributed by atoms with E-state index in [1.165, 1.54) is 11.2 Å². The SMILES string of the molecule is CCc1c(N2CCN(C(=O)c3ncnc(C)c3O)CC2)c(=O)c2nc(Br)c(C)nc2n1CC(O)Nc1ccc(C(F)(F)F)cc1Cl. The molecule has 4 heterocycles. The van der Waals surface area contributed by atoms with Gasteiger partial charge in [-0.05, 0) is 54.4 Å². The van der Waals surface area contributed by atoms with E-state index in [1.54, 1.807) is 18.4 Å². The summed E-state index contributed by atoms with van der Waals surface area (Å²) in [7, 11) is 0. The number of hydrogen-bond donors (Lipinski definition) is 3. The molecule has 17 heteroatoms. The van der Waals surface area contributed by atoms with Crippen molar-refractivity contribution in [3.8, 4) is 5.75 Å². The molecule has 1 amide bonds. The van der Waals surface area contributed by atoms with Crippen LogP contribution in [-0.4, -0.2) is 77.9 Å². The normalized spacial score (nSPS) is 14.5. The van der Waals surface area contributed by atoms with Crippen LogP contribution in [0.4, 0.5) is 24.5 Å². The maximum Gasteiger partial charge on any atom is 0.416 e. The monoisotopic (exact) mass is 724 g/mol. The summed E-state index contributed by atoms with van der Waals surface area (Å²) in [4.78, 5) is 47.4. The minimum atomic E-state index is -4.58. The third-order valence-electron chi connectivity index (χ3n) is 7.68. The van der Waals surface area contributed by atoms with Crippen LogP contribution in [0.5, 0.6) is 5.75 Å². The van der Waals surface area contributed by atoms with Crippen molar-refractivity contribution >= 4 is 56.0 Å². The van der Waals surface area contributed by atoms with E-state index in [4.69, 9.17) is 11.6 Å². The number of halogens is 5. The number of alkyl halides is 3. The number of nitrogens with one attached hydrogen (secondary N) is 1. The van der Waals surface area contributed by atoms with E-state index >= 15 is 0 Å². The molecule has 0 spiro atoms. The standard InChI is InChI=1S/C29H29BrClF3N8O4/c1-4-19-23(40-7-9-41(10-8-40)28(46)22-24(44)14(2)35-13-36-22)25(45)21-27(37-15(3)26(30)39-21)42(19)12-20(43)38-18-6-5-16(11-17(18)31)29(32,33)34/h5-6,11,13,20,38,43-44H,4,7-10,12H2,1-3H3. The number of aromatic hydroxyl groups is 1. The van der Waals surface area contributed by atoms with E-state index in [0.717, 1.165) is 18.2 Å². The number of carbonyl (C=O) groups is 1. The number of aliphatic hydroxyl groups is 1. The van der Waals surface area contributed by atoms with E-state index in [0.29, 0.717) is 28.1 Å². The third kappa shape index (κ3) is 6.46. The summed E-state index contributed by atoms with van der Waals surface area (Å²) in [6.45, 7) is 5.94. The molecule has 46 heavy (non-hydrogen) atoms. The number of hydrogen-bond acceptors (Lipinski definition) is 10. The number of aliphatic hydroxyl groups excluding tert-OH is 1. The first-order valence-electron chi connectivity index (χ1n) is 14.2. The van der Waals surface area contributed by atoms with Gasteiger partial charge in [-0.25, -0.2) is 19.9 Å². The second-order valence-electron chi connectivity index (χ2n) is 10.6. The molecule has 1 saturated heterocycles. The zero-order chi connectivity index (χ0) is 33.5. The molecule has 0 bridgehead atoms. The molecule has 3 aromatic heterocycles. The molecule has 1 aromatic carbocycles. The van der Waals surface area contributed by atoms with Gasteiger partial charge in [0.05, 0.1) is 34.2 Å². The van der Waals surface area contributed by atoms with Gasteiger partial charge in [0.1, 0.15) is 22.8 Å². The van der Waals surface area contributed by atoms with Crippen molar-refractivity contribution in [1.82, 2.24) is 29.4 Å². The van der Waals surface area contributed by atoms with E-state index in [2.05, 4.69) is 41.2 Å². The Hall–Kier alpha value is -4.02. The van der Waals surface area contributed by atoms with Crippen molar-refractivity contribution in [3.05, 3.63) is 72.7 Å². The van der Waals surface area contributed by atoms with Crippen molar-refractivity contribution in [1.29, 1.82) is 0 Å². The predicted molar refractivity (Wildman–Crippen MR) is 168 cm³/mol. The van der Waals surface area contributed by atoms with Crippen LogP contribution in [0.2, 0.25) is 5.02 Å². The fraction of sp³-hybridized carbons (Fsp3) is 0.379. The minimum absolute atomic E-state index is 0.0457. The van der Waals surface area contributed by atoms with Crippen LogP contribution in [0.1, 0.15) is 40.1 Å². The molecule has 1 unspecified atom stereocenters. The van der Waals surface area contributed by atoms with Crippen LogP contribution in [-0.2, 0) is 19.1 Å². The zero-order valence-corrected chi connectivity index (χ0v) is 27.2. The number of anilines is 2. The van der Waals surface area contributed by atoms with Crippen LogP contribution in [0.25, 0.3) is 11.2 Å². The Labute approximate surface area is 274 Å². The number of piperazine rings is 1. The number of rotatable bonds is 7. The van der Waals surface area contributed by atoms with Crippen molar-refractivity contribution in [2.24, 2.45) is 0 Å². The number of nitrogens with zero attached hydrogens (tertiary/aromatic N) is 7. The summed E-state index contributed by atoms with van der Waals surface area (Å²) in [5, 5.41) is 23.9. The van der Waals surface area contributed by atoms with Crippen molar-refractivity contribution in [2.75, 3.05) is 36.4 Å². The quantitative estimate of drug-likeness (QED) is 0.236. The summed E-state index contributed by atoms with van der Waals surface area (Å²) in [5.74, 6) is -0.750. The summed E-state index contributed by atoms with van der Waals surface area (Å²) < 4.78 is 41.4. The van der Waals surface area contributed by atoms with Crippen molar-refractivity contribution in [3.63, 3.8) is 0 Å². The molecule has 1 atom stereocenters. The number of benzene rings is 1. The van der Waals surface area contributed by atoms with Crippen molar-refractivity contribution < 1.29 is 28.2 Å². The van der Waals surface area contributed by atoms with Gasteiger partial charge in [-0.2, -0.15) is 13.2 Å². The van der Waals surface area contributed by atoms with Crippen LogP contribution in [0, 0.1) is 13.8 Å². The lowest BCUT2D eigenvalue weighted by Crippen LogP contribution is -2.50. The lowest BCUT2D eigenvalue weighted by Gasteiger charge is -2.37. The minimum Gasteiger partial charge on any atom is -0.504 e. The first-order valence-corrected chi connectivity index (χ1v) is 15.3. The van der Waals surface area contributed by atoms with Gasteiger partial charge in [0.15, 0.2) is 22.6 Å². The van der Waals surface area contributed by atoms with Gasteiger partial charge in [0.2, 0.25) is 5.43 Å². The maximum atomic E-state index is 14.0. The summed E-state index contributed by atoms with van der Waals surface area (Å²) in [6.07, 6.45) is -4.39. The topological polar surface area (TPSA) is 150 Å². The van der Waals surface area contributed by atoms with E-state index < -0.39 is 23.9 Å². The molecule has 4 aromatic rings. The third-order valence-corrected chi connectivity index (χ3v) is 8.74. The van der Waals surface area contributed by atoms with Gasteiger partial charge in [-0.15, -0.1) is 0 Å². The second-order valence-corrected chi connectivity index (χ2v) is 11.8. The Morgan fingerprint density at radius 2 is 1.83 bits per heavy atom. The molecule has 0 saturated carbocycles. The predicted octanol–water partition coefficient (Wildman–Crippen LogP) is 4.29. The van der Waals surface area contributed by atoms with Crippen LogP contribution in [0.3, 0.4) is 0 Å². The Balaban J connectivity index is 1.48. The maximum absolute atomic E-state index is 14.0. The lowest BCUT2D eigenvalue weighted by molar-refractivity contribution is -0.137. The Kier molecular flexibility index (Phi) is 9.42. The number of amides is 1. The van der Waals surface area contributed by atoms with Gasteiger partial charge in [0, 0.05) is 31.9 Å². The zero-order valence-electron chi connectivity index (χ0n) is 24.9. The van der Waals surface area contributed by atoms with Gasteiger partial charge < -0.3 is 29.9 Å². The first-order chi connectivity index (χ1) is 21.7. The average Bonchev–Trinajstić information content (AvgIpc) is 3.01. The largest absolute Gasteiger partial charge is 0.504 e. The van der Waals surface area contributed by atoms with Crippen molar-refractivity contribution in [2.45, 2.75) is 46.1 Å². The van der Waals surface area contributed by atoms with E-state index in [-0.39, 0.29) is 77.2 Å². The fourth-order valence-corrected chi connectivity index (χ4v) is 5.82. The molecular weight excluding hydrogens is 697 g/mol. The molecule has 0 aliphatic carbocycles. The smallest absolute Gasteiger partial charge is 0.416 e. The van der Waals surface area contributed by atoms with E-state index in [9.17, 15) is 33.0 Å². The second kappa shape index (κ2) is 13.0. The number of aryl methyl sites for hydroxylation is 2. The molecule has 0 radical (unpaired) electrons. The molecule has 5 rings (SSSR count). The van der Waals surface area contributed by atoms with Gasteiger partial charge >= 0.3 is 6.18 Å². The Morgan fingerprint density at radius 3 is 2.46 bits per heavy atom. The molecule has 3 N–H and O–H groups in total. The van der Waals surface area contributed by atoms with Gasteiger partial charge in [-0.3, -0.25) is 9.59 Å². The molecular formula is C29H29BrClF3N8O4. The first kappa shape index (κ1) is 33.3. The summed E-state index contributed by atoms with van der Waals surface area (Å²) in [6, 6.07) is 2.76. The van der Waals surface area contributed by atoms with Gasteiger partial charge in [-0.1, -0.05) is 18.5 Å². The molecule has 244 valence electrons. The number of fused-ring (bicyclic) bond motifs is 1. The number of carbonyl (C=O) groups excluding carboxylic acids is 1. The molecule has 1 fully saturated rings. The number of pyridine rings is 1. The van der Waals surface area contributed by atoms with Crippen LogP contribution in [0.15, 0.2) is 33.9 Å². The summed E-state index contributed by atoms with van der Waals surface area (Å²) >= 11 is 9.45. The molecule has 1 aliphatic heterocycles. The number of aromatic nitrogens is 5. The fourth-order valence-electron chi connectivity index (χ4n) is 5.32. The highest BCUT2D eigenvalue weighted by Crippen LogP contribution is 2.34. The Bertz CT molecular complexity index is 1880. The molecule has 12 nitrogen and oxygen atoms in total.